The van der Waals surface area contributed by atoms with Crippen molar-refractivity contribution in [1.29, 1.82) is 0 Å². The van der Waals surface area contributed by atoms with Crippen LogP contribution in [-0.2, 0) is 13.0 Å². The summed E-state index contributed by atoms with van der Waals surface area (Å²) in [7, 11) is 0. The molecule has 0 radical (unpaired) electrons. The number of hydrogen-bond acceptors (Lipinski definition) is 3. The average Bonchev–Trinajstić information content (AvgIpc) is 3.06. The van der Waals surface area contributed by atoms with E-state index >= 15 is 0 Å². The molecule has 2 aliphatic heterocycles. The van der Waals surface area contributed by atoms with Crippen molar-refractivity contribution in [1.82, 2.24) is 0 Å². The van der Waals surface area contributed by atoms with Crippen LogP contribution in [0.2, 0.25) is 0 Å². The van der Waals surface area contributed by atoms with Gasteiger partial charge in [-0.25, -0.2) is 0 Å². The van der Waals surface area contributed by atoms with E-state index in [1.165, 1.54) is 27.6 Å². The summed E-state index contributed by atoms with van der Waals surface area (Å²) in [5, 5.41) is 2.42. The maximum absolute atomic E-state index is 5.62. The van der Waals surface area contributed by atoms with Gasteiger partial charge in [0.05, 0.1) is 12.2 Å². The molecule has 0 bridgehead atoms. The molecule has 0 saturated heterocycles. The lowest BCUT2D eigenvalue weighted by molar-refractivity contribution is -0.686. The van der Waals surface area contributed by atoms with Crippen LogP contribution in [0, 0.1) is 0 Å². The van der Waals surface area contributed by atoms with Crippen molar-refractivity contribution in [2.75, 3.05) is 13.4 Å². The smallest absolute Gasteiger partial charge is 0.231 e. The number of benzene rings is 2. The molecule has 128 valence electrons. The fourth-order valence-electron chi connectivity index (χ4n) is 3.61. The second-order valence-electron chi connectivity index (χ2n) is 6.19. The maximum Gasteiger partial charge on any atom is 0.231 e. The molecular weight excluding hydrogens is 338 g/mol. The molecule has 3 aromatic rings. The average molecular weight is 356 g/mol. The summed E-state index contributed by atoms with van der Waals surface area (Å²) in [6.45, 7) is 3.98. The fraction of sp³-hybridized carbons (Fsp3) is 0.250. The molecule has 0 atom stereocenters. The van der Waals surface area contributed by atoms with Crippen molar-refractivity contribution in [3.05, 3.63) is 48.2 Å². The summed E-state index contributed by atoms with van der Waals surface area (Å²) < 4.78 is 19.0. The maximum atomic E-state index is 5.62. The van der Waals surface area contributed by atoms with Gasteiger partial charge < -0.3 is 26.6 Å². The van der Waals surface area contributed by atoms with Gasteiger partial charge in [0.15, 0.2) is 24.2 Å². The molecule has 0 unspecified atom stereocenters. The van der Waals surface area contributed by atoms with Crippen LogP contribution >= 0.6 is 0 Å². The van der Waals surface area contributed by atoms with Crippen LogP contribution < -0.4 is 31.2 Å². The molecule has 25 heavy (non-hydrogen) atoms. The minimum Gasteiger partial charge on any atom is -1.00 e. The first kappa shape index (κ1) is 16.0. The highest BCUT2D eigenvalue weighted by atomic mass is 35.5. The SMILES string of the molecule is CCOc1ccc2cc3[n+](cc2c1)CCc1cc2c(cc1-3)OCO2.[Cl-]. The number of nitrogens with zero attached hydrogens (tertiary/aromatic N) is 1. The number of fused-ring (bicyclic) bond motifs is 5. The summed E-state index contributed by atoms with van der Waals surface area (Å²) in [5.74, 6) is 2.63. The third-order valence-electron chi connectivity index (χ3n) is 4.76. The molecule has 1 aromatic heterocycles. The van der Waals surface area contributed by atoms with Gasteiger partial charge in [-0.05, 0) is 42.1 Å². The van der Waals surface area contributed by atoms with Crippen molar-refractivity contribution in [2.45, 2.75) is 19.9 Å². The summed E-state index contributed by atoms with van der Waals surface area (Å²) >= 11 is 0. The Labute approximate surface area is 152 Å². The van der Waals surface area contributed by atoms with Crippen LogP contribution in [0.25, 0.3) is 22.0 Å². The van der Waals surface area contributed by atoms with Gasteiger partial charge in [-0.2, -0.15) is 4.57 Å². The van der Waals surface area contributed by atoms with Gasteiger partial charge >= 0.3 is 0 Å². The third-order valence-corrected chi connectivity index (χ3v) is 4.76. The molecule has 3 heterocycles. The third kappa shape index (κ3) is 2.57. The fourth-order valence-corrected chi connectivity index (χ4v) is 3.61. The molecule has 5 rings (SSSR count). The molecular formula is C20H18ClNO3. The van der Waals surface area contributed by atoms with Gasteiger partial charge in [-0.1, -0.05) is 6.07 Å². The monoisotopic (exact) mass is 355 g/mol. The largest absolute Gasteiger partial charge is 1.00 e. The zero-order chi connectivity index (χ0) is 16.1. The van der Waals surface area contributed by atoms with Gasteiger partial charge in [0.25, 0.3) is 0 Å². The van der Waals surface area contributed by atoms with E-state index < -0.39 is 0 Å². The Morgan fingerprint density at radius 2 is 1.88 bits per heavy atom. The second-order valence-corrected chi connectivity index (χ2v) is 6.19. The number of rotatable bonds is 2. The molecule has 2 aliphatic rings. The zero-order valence-corrected chi connectivity index (χ0v) is 14.7. The molecule has 0 amide bonds. The number of aryl methyl sites for hydroxylation is 2. The predicted octanol–water partition coefficient (Wildman–Crippen LogP) is 0.482. The van der Waals surface area contributed by atoms with Crippen molar-refractivity contribution in [2.24, 2.45) is 0 Å². The van der Waals surface area contributed by atoms with Crippen molar-refractivity contribution in [3.8, 4) is 28.5 Å². The lowest BCUT2D eigenvalue weighted by Crippen LogP contribution is -3.00. The van der Waals surface area contributed by atoms with Crippen LogP contribution in [0.5, 0.6) is 17.2 Å². The van der Waals surface area contributed by atoms with Crippen LogP contribution in [-0.4, -0.2) is 13.4 Å². The highest BCUT2D eigenvalue weighted by Gasteiger charge is 2.27. The predicted molar refractivity (Wildman–Crippen MR) is 90.6 cm³/mol. The highest BCUT2D eigenvalue weighted by molar-refractivity contribution is 5.86. The number of aromatic nitrogens is 1. The van der Waals surface area contributed by atoms with E-state index in [1.54, 1.807) is 0 Å². The quantitative estimate of drug-likeness (QED) is 0.627. The molecule has 0 spiro atoms. The molecule has 5 heteroatoms. The molecule has 0 aliphatic carbocycles. The van der Waals surface area contributed by atoms with Gasteiger partial charge in [-0.3, -0.25) is 0 Å². The minimum absolute atomic E-state index is 0. The van der Waals surface area contributed by atoms with Gasteiger partial charge in [-0.15, -0.1) is 0 Å². The molecule has 0 saturated carbocycles. The van der Waals surface area contributed by atoms with Crippen molar-refractivity contribution < 1.29 is 31.2 Å². The first-order valence-electron chi connectivity index (χ1n) is 8.35. The van der Waals surface area contributed by atoms with Crippen LogP contribution in [0.15, 0.2) is 42.6 Å². The minimum atomic E-state index is 0. The molecule has 0 fully saturated rings. The van der Waals surface area contributed by atoms with Crippen molar-refractivity contribution >= 4 is 10.8 Å². The van der Waals surface area contributed by atoms with E-state index in [2.05, 4.69) is 41.1 Å². The summed E-state index contributed by atoms with van der Waals surface area (Å²) in [6, 6.07) is 12.8. The normalized spacial score (nSPS) is 13.8. The van der Waals surface area contributed by atoms with Gasteiger partial charge in [0, 0.05) is 17.9 Å². The highest BCUT2D eigenvalue weighted by Crippen LogP contribution is 2.40. The van der Waals surface area contributed by atoms with E-state index in [-0.39, 0.29) is 12.4 Å². The van der Waals surface area contributed by atoms with Crippen LogP contribution in [0.3, 0.4) is 0 Å². The zero-order valence-electron chi connectivity index (χ0n) is 13.9. The van der Waals surface area contributed by atoms with E-state index in [9.17, 15) is 0 Å². The lowest BCUT2D eigenvalue weighted by atomic mass is 9.95. The van der Waals surface area contributed by atoms with E-state index in [1.807, 2.05) is 13.0 Å². The molecule has 4 nitrogen and oxygen atoms in total. The first-order chi connectivity index (χ1) is 11.8. The topological polar surface area (TPSA) is 31.6 Å². The van der Waals surface area contributed by atoms with Crippen molar-refractivity contribution in [3.63, 3.8) is 0 Å². The number of halogens is 1. The van der Waals surface area contributed by atoms with Crippen LogP contribution in [0.4, 0.5) is 0 Å². The summed E-state index contributed by atoms with van der Waals surface area (Å²) in [4.78, 5) is 0. The lowest BCUT2D eigenvalue weighted by Gasteiger charge is -2.16. The Morgan fingerprint density at radius 1 is 1.04 bits per heavy atom. The second kappa shape index (κ2) is 6.12. The van der Waals surface area contributed by atoms with Crippen LogP contribution in [0.1, 0.15) is 12.5 Å². The summed E-state index contributed by atoms with van der Waals surface area (Å²) in [6.07, 6.45) is 3.22. The van der Waals surface area contributed by atoms with Gasteiger partial charge in [0.1, 0.15) is 5.75 Å². The van der Waals surface area contributed by atoms with Gasteiger partial charge in [0.2, 0.25) is 12.5 Å². The summed E-state index contributed by atoms with van der Waals surface area (Å²) in [5.41, 5.74) is 3.79. The Bertz CT molecular complexity index is 971. The first-order valence-corrected chi connectivity index (χ1v) is 8.35. The van der Waals surface area contributed by atoms with E-state index in [0.717, 1.165) is 30.2 Å². The Kier molecular flexibility index (Phi) is 3.92. The standard InChI is InChI=1S/C20H18NO3.ClH/c1-2-22-16-4-3-13-8-18-17-10-20-19(23-12-24-20)9-14(17)5-6-21(18)11-15(13)7-16;/h3-4,7-11H,2,5-6,12H2,1H3;1H/q+1;/p-1. The molecule has 0 N–H and O–H groups in total. The number of pyridine rings is 1. The van der Waals surface area contributed by atoms with E-state index in [4.69, 9.17) is 14.2 Å². The molecule has 2 aromatic carbocycles. The number of hydrogen-bond donors (Lipinski definition) is 0. The Hall–Kier alpha value is -2.46. The van der Waals surface area contributed by atoms with E-state index in [0.29, 0.717) is 13.4 Å². The number of ether oxygens (including phenoxy) is 3. The Morgan fingerprint density at radius 3 is 2.72 bits per heavy atom. The Balaban J connectivity index is 0.00000157.